The average molecular weight is 136 g/mol. The third-order valence-corrected chi connectivity index (χ3v) is 2.75. The molecule has 1 N–H and O–H groups in total. The summed E-state index contributed by atoms with van der Waals surface area (Å²) in [4.78, 5) is 0. The smallest absolute Gasteiger partial charge is 0.0672 e. The van der Waals surface area contributed by atoms with E-state index in [1.54, 1.807) is 0 Å². The molecule has 2 nitrogen and oxygen atoms in total. The van der Waals surface area contributed by atoms with Gasteiger partial charge in [-0.3, -0.25) is 0 Å². The predicted octanol–water partition coefficient (Wildman–Crippen LogP) is 1.04. The average Bonchev–Trinajstić information content (AvgIpc) is 2.34. The van der Waals surface area contributed by atoms with Crippen LogP contribution in [0.3, 0.4) is 0 Å². The Morgan fingerprint density at radius 2 is 2.00 bits per heavy atom. The van der Waals surface area contributed by atoms with Gasteiger partial charge in [0.05, 0.1) is 12.0 Å². The molecule has 54 valence electrons. The lowest BCUT2D eigenvalue weighted by Gasteiger charge is -2.24. The van der Waals surface area contributed by atoms with Gasteiger partial charge in [0.15, 0.2) is 0 Å². The molecule has 2 heterocycles. The van der Waals surface area contributed by atoms with Crippen molar-refractivity contribution in [1.29, 1.82) is 5.26 Å². The van der Waals surface area contributed by atoms with E-state index in [2.05, 4.69) is 11.4 Å². The summed E-state index contributed by atoms with van der Waals surface area (Å²) in [6.07, 6.45) is 4.86. The molecule has 0 aliphatic carbocycles. The van der Waals surface area contributed by atoms with Crippen LogP contribution in [0.15, 0.2) is 0 Å². The molecule has 2 aliphatic rings. The molecule has 2 heteroatoms. The third kappa shape index (κ3) is 0.819. The Morgan fingerprint density at radius 1 is 1.20 bits per heavy atom. The van der Waals surface area contributed by atoms with E-state index in [9.17, 15) is 0 Å². The first kappa shape index (κ1) is 6.18. The maximum Gasteiger partial charge on any atom is 0.0672 e. The molecule has 0 aromatic heterocycles. The van der Waals surface area contributed by atoms with E-state index in [1.165, 1.54) is 19.3 Å². The molecule has 2 bridgehead atoms. The zero-order chi connectivity index (χ0) is 6.97. The van der Waals surface area contributed by atoms with Crippen molar-refractivity contribution in [2.75, 3.05) is 0 Å². The van der Waals surface area contributed by atoms with Gasteiger partial charge in [0.25, 0.3) is 0 Å². The lowest BCUT2D eigenvalue weighted by atomic mass is 9.94. The first-order chi connectivity index (χ1) is 4.90. The van der Waals surface area contributed by atoms with Crippen LogP contribution in [0.25, 0.3) is 0 Å². The summed E-state index contributed by atoms with van der Waals surface area (Å²) >= 11 is 0. The van der Waals surface area contributed by atoms with E-state index in [0.717, 1.165) is 12.5 Å². The molecular weight excluding hydrogens is 124 g/mol. The number of nitrogens with zero attached hydrogens (tertiary/aromatic N) is 1. The molecule has 3 atom stereocenters. The van der Waals surface area contributed by atoms with Gasteiger partial charge in [-0.25, -0.2) is 0 Å². The van der Waals surface area contributed by atoms with Crippen molar-refractivity contribution in [2.24, 2.45) is 5.92 Å². The van der Waals surface area contributed by atoms with Crippen LogP contribution in [-0.4, -0.2) is 12.1 Å². The minimum absolute atomic E-state index is 0.304. The van der Waals surface area contributed by atoms with Gasteiger partial charge < -0.3 is 5.32 Å². The topological polar surface area (TPSA) is 35.8 Å². The second-order valence-corrected chi connectivity index (χ2v) is 3.36. The summed E-state index contributed by atoms with van der Waals surface area (Å²) in [6, 6.07) is 3.65. The van der Waals surface area contributed by atoms with Crippen molar-refractivity contribution in [1.82, 2.24) is 5.32 Å². The quantitative estimate of drug-likeness (QED) is 0.540. The third-order valence-electron chi connectivity index (χ3n) is 2.75. The van der Waals surface area contributed by atoms with Crippen LogP contribution in [0, 0.1) is 17.2 Å². The van der Waals surface area contributed by atoms with Crippen molar-refractivity contribution in [2.45, 2.75) is 37.8 Å². The van der Waals surface area contributed by atoms with Crippen LogP contribution in [0.4, 0.5) is 0 Å². The Kier molecular flexibility index (Phi) is 1.39. The van der Waals surface area contributed by atoms with Crippen molar-refractivity contribution < 1.29 is 0 Å². The van der Waals surface area contributed by atoms with Crippen LogP contribution in [0.1, 0.15) is 25.7 Å². The molecule has 2 fully saturated rings. The highest BCUT2D eigenvalue weighted by atomic mass is 15.0. The fourth-order valence-electron chi connectivity index (χ4n) is 2.13. The van der Waals surface area contributed by atoms with E-state index in [4.69, 9.17) is 5.26 Å². The van der Waals surface area contributed by atoms with Gasteiger partial charge in [-0.05, 0) is 25.7 Å². The van der Waals surface area contributed by atoms with Gasteiger partial charge in [-0.15, -0.1) is 0 Å². The Hall–Kier alpha value is -0.550. The lowest BCUT2D eigenvalue weighted by Crippen LogP contribution is -2.39. The molecule has 2 aliphatic heterocycles. The number of rotatable bonds is 0. The van der Waals surface area contributed by atoms with E-state index >= 15 is 0 Å². The minimum atomic E-state index is 0.304. The molecular formula is C8H12N2. The van der Waals surface area contributed by atoms with E-state index < -0.39 is 0 Å². The molecule has 0 aromatic carbocycles. The summed E-state index contributed by atoms with van der Waals surface area (Å²) in [6.45, 7) is 0. The van der Waals surface area contributed by atoms with Gasteiger partial charge in [0, 0.05) is 12.1 Å². The second kappa shape index (κ2) is 2.25. The zero-order valence-corrected chi connectivity index (χ0v) is 6.01. The highest BCUT2D eigenvalue weighted by Crippen LogP contribution is 2.30. The Bertz CT molecular complexity index is 171. The van der Waals surface area contributed by atoms with Crippen molar-refractivity contribution in [3.63, 3.8) is 0 Å². The number of nitrogens with one attached hydrogen (secondary N) is 1. The number of fused-ring (bicyclic) bond motifs is 2. The van der Waals surface area contributed by atoms with E-state index in [-0.39, 0.29) is 0 Å². The highest BCUT2D eigenvalue weighted by Gasteiger charge is 2.34. The van der Waals surface area contributed by atoms with Gasteiger partial charge in [0.1, 0.15) is 0 Å². The summed E-state index contributed by atoms with van der Waals surface area (Å²) in [5, 5.41) is 12.2. The normalized spacial score (nSPS) is 44.9. The first-order valence-electron chi connectivity index (χ1n) is 4.06. The lowest BCUT2D eigenvalue weighted by molar-refractivity contribution is 0.344. The SMILES string of the molecule is N#CC1CCC2CCC1N2. The van der Waals surface area contributed by atoms with Gasteiger partial charge in [-0.1, -0.05) is 0 Å². The van der Waals surface area contributed by atoms with Crippen LogP contribution in [0.5, 0.6) is 0 Å². The number of hydrogen-bond acceptors (Lipinski definition) is 2. The maximum absolute atomic E-state index is 8.72. The summed E-state index contributed by atoms with van der Waals surface area (Å²) in [7, 11) is 0. The van der Waals surface area contributed by atoms with Crippen molar-refractivity contribution >= 4 is 0 Å². The van der Waals surface area contributed by atoms with Crippen LogP contribution in [-0.2, 0) is 0 Å². The molecule has 0 spiro atoms. The number of hydrogen-bond donors (Lipinski definition) is 1. The van der Waals surface area contributed by atoms with Gasteiger partial charge in [-0.2, -0.15) is 5.26 Å². The fraction of sp³-hybridized carbons (Fsp3) is 0.875. The van der Waals surface area contributed by atoms with Crippen LogP contribution < -0.4 is 5.32 Å². The molecule has 3 unspecified atom stereocenters. The Morgan fingerprint density at radius 3 is 2.80 bits per heavy atom. The van der Waals surface area contributed by atoms with Gasteiger partial charge >= 0.3 is 0 Å². The predicted molar refractivity (Wildman–Crippen MR) is 38.3 cm³/mol. The molecule has 0 radical (unpaired) electrons. The minimum Gasteiger partial charge on any atom is -0.310 e. The number of piperidine rings is 1. The van der Waals surface area contributed by atoms with Crippen molar-refractivity contribution in [3.05, 3.63) is 0 Å². The van der Waals surface area contributed by atoms with Gasteiger partial charge in [0.2, 0.25) is 0 Å². The van der Waals surface area contributed by atoms with Crippen molar-refractivity contribution in [3.8, 4) is 6.07 Å². The first-order valence-corrected chi connectivity index (χ1v) is 4.06. The monoisotopic (exact) mass is 136 g/mol. The second-order valence-electron chi connectivity index (χ2n) is 3.36. The van der Waals surface area contributed by atoms with Crippen LogP contribution >= 0.6 is 0 Å². The van der Waals surface area contributed by atoms with Crippen LogP contribution in [0.2, 0.25) is 0 Å². The van der Waals surface area contributed by atoms with E-state index in [1.807, 2.05) is 0 Å². The molecule has 0 aromatic rings. The Balaban J connectivity index is 2.08. The Labute approximate surface area is 61.2 Å². The molecule has 2 saturated heterocycles. The molecule has 10 heavy (non-hydrogen) atoms. The summed E-state index contributed by atoms with van der Waals surface area (Å²) < 4.78 is 0. The summed E-state index contributed by atoms with van der Waals surface area (Å²) in [5.74, 6) is 0.304. The largest absolute Gasteiger partial charge is 0.310 e. The zero-order valence-electron chi connectivity index (χ0n) is 6.01. The molecule has 0 saturated carbocycles. The maximum atomic E-state index is 8.72. The summed E-state index contributed by atoms with van der Waals surface area (Å²) in [5.41, 5.74) is 0. The van der Waals surface area contributed by atoms with E-state index in [0.29, 0.717) is 12.0 Å². The molecule has 2 rings (SSSR count). The highest BCUT2D eigenvalue weighted by molar-refractivity contribution is 5.01. The number of nitriles is 1. The standard InChI is InChI=1S/C8H12N2/c9-5-6-1-2-7-3-4-8(6)10-7/h6-8,10H,1-4H2. The molecule has 0 amide bonds. The fourth-order valence-corrected chi connectivity index (χ4v) is 2.13.